The fourth-order valence-electron chi connectivity index (χ4n) is 4.55. The molecule has 7 heteroatoms. The maximum atomic E-state index is 13.6. The van der Waals surface area contributed by atoms with Crippen molar-refractivity contribution in [3.05, 3.63) is 81.2 Å². The molecule has 0 bridgehead atoms. The van der Waals surface area contributed by atoms with Crippen LogP contribution in [-0.2, 0) is 4.79 Å². The lowest BCUT2D eigenvalue weighted by Crippen LogP contribution is -2.34. The third kappa shape index (κ3) is 4.68. The van der Waals surface area contributed by atoms with Crippen LogP contribution in [-0.4, -0.2) is 52.8 Å². The largest absolute Gasteiger partial charge is 0.503 e. The van der Waals surface area contributed by atoms with Gasteiger partial charge in [0.1, 0.15) is 5.58 Å². The molecule has 1 unspecified atom stereocenters. The molecule has 0 saturated heterocycles. The summed E-state index contributed by atoms with van der Waals surface area (Å²) in [6.07, 6.45) is 0.733. The summed E-state index contributed by atoms with van der Waals surface area (Å²) < 4.78 is 6.66. The average molecular weight is 525 g/mol. The Hall–Kier alpha value is -2.90. The summed E-state index contributed by atoms with van der Waals surface area (Å²) in [6, 6.07) is 14.2. The lowest BCUT2D eigenvalue weighted by atomic mass is 9.95. The van der Waals surface area contributed by atoms with Crippen LogP contribution >= 0.6 is 15.9 Å². The second kappa shape index (κ2) is 10.2. The fourth-order valence-corrected chi connectivity index (χ4v) is 4.97. The van der Waals surface area contributed by atoms with Crippen LogP contribution in [0.5, 0.6) is 0 Å². The molecule has 2 aromatic carbocycles. The third-order valence-corrected chi connectivity index (χ3v) is 6.87. The first-order valence-electron chi connectivity index (χ1n) is 11.6. The van der Waals surface area contributed by atoms with Gasteiger partial charge in [0, 0.05) is 16.4 Å². The zero-order chi connectivity index (χ0) is 24.4. The first-order valence-corrected chi connectivity index (χ1v) is 12.4. The molecule has 3 aromatic rings. The van der Waals surface area contributed by atoms with Crippen LogP contribution in [0.4, 0.5) is 0 Å². The minimum absolute atomic E-state index is 0.0571. The zero-order valence-electron chi connectivity index (χ0n) is 19.7. The summed E-state index contributed by atoms with van der Waals surface area (Å²) in [7, 11) is 0. The number of hydrogen-bond donors (Lipinski definition) is 1. The SMILES string of the molecule is CCN(CC)CCCN1C(=O)C(O)=C(C(=O)c2cc3cc(C)ccc3o2)C1c1cccc(Br)c1. The van der Waals surface area contributed by atoms with Gasteiger partial charge in [0.05, 0.1) is 11.6 Å². The number of carbonyl (C=O) groups is 2. The number of benzene rings is 2. The number of rotatable bonds is 9. The number of nitrogens with zero attached hydrogens (tertiary/aromatic N) is 2. The van der Waals surface area contributed by atoms with Crippen LogP contribution in [0, 0.1) is 6.92 Å². The molecule has 1 amide bonds. The van der Waals surface area contributed by atoms with E-state index in [-0.39, 0.29) is 11.3 Å². The van der Waals surface area contributed by atoms with E-state index in [1.807, 2.05) is 49.4 Å². The monoisotopic (exact) mass is 524 g/mol. The van der Waals surface area contributed by atoms with Crippen LogP contribution in [0.25, 0.3) is 11.0 Å². The van der Waals surface area contributed by atoms with Gasteiger partial charge in [-0.25, -0.2) is 0 Å². The number of carbonyl (C=O) groups excluding carboxylic acids is 2. The van der Waals surface area contributed by atoms with E-state index in [0.717, 1.165) is 47.0 Å². The van der Waals surface area contributed by atoms with Crippen molar-refractivity contribution in [3.8, 4) is 0 Å². The molecule has 0 radical (unpaired) electrons. The van der Waals surface area contributed by atoms with Crippen molar-refractivity contribution in [1.29, 1.82) is 0 Å². The lowest BCUT2D eigenvalue weighted by Gasteiger charge is -2.28. The van der Waals surface area contributed by atoms with Gasteiger partial charge in [0.25, 0.3) is 5.91 Å². The highest BCUT2D eigenvalue weighted by Crippen LogP contribution is 2.40. The van der Waals surface area contributed by atoms with Gasteiger partial charge in [0.2, 0.25) is 5.78 Å². The number of aliphatic hydroxyl groups excluding tert-OH is 1. The predicted molar refractivity (Wildman–Crippen MR) is 136 cm³/mol. The van der Waals surface area contributed by atoms with Gasteiger partial charge in [0.15, 0.2) is 11.5 Å². The third-order valence-electron chi connectivity index (χ3n) is 6.38. The van der Waals surface area contributed by atoms with Crippen molar-refractivity contribution in [2.75, 3.05) is 26.2 Å². The number of Topliss-reactive ketones (excluding diaryl/α,β-unsaturated/α-hetero) is 1. The standard InChI is InChI=1S/C27H29BrN2O4/c1-4-29(5-2)12-7-13-30-24(18-8-6-9-20(28)15-18)23(26(32)27(30)33)25(31)22-16-19-14-17(3)10-11-21(19)34-22/h6,8-11,14-16,24,32H,4-5,7,12-13H2,1-3H3. The number of hydrogen-bond acceptors (Lipinski definition) is 5. The highest BCUT2D eigenvalue weighted by atomic mass is 79.9. The van der Waals surface area contributed by atoms with E-state index in [9.17, 15) is 14.7 Å². The molecule has 0 saturated carbocycles. The summed E-state index contributed by atoms with van der Waals surface area (Å²) in [5.74, 6) is -1.40. The van der Waals surface area contributed by atoms with Crippen molar-refractivity contribution >= 4 is 38.6 Å². The number of ketones is 1. The van der Waals surface area contributed by atoms with Gasteiger partial charge >= 0.3 is 0 Å². The van der Waals surface area contributed by atoms with E-state index in [2.05, 4.69) is 34.7 Å². The van der Waals surface area contributed by atoms with Crippen LogP contribution in [0.1, 0.15) is 48.0 Å². The summed E-state index contributed by atoms with van der Waals surface area (Å²) in [4.78, 5) is 30.7. The minimum Gasteiger partial charge on any atom is -0.503 e. The van der Waals surface area contributed by atoms with Crippen molar-refractivity contribution < 1.29 is 19.1 Å². The minimum atomic E-state index is -0.691. The highest BCUT2D eigenvalue weighted by Gasteiger charge is 2.44. The number of fused-ring (bicyclic) bond motifs is 1. The average Bonchev–Trinajstić information content (AvgIpc) is 3.35. The molecule has 0 fully saturated rings. The molecule has 1 N–H and O–H groups in total. The van der Waals surface area contributed by atoms with Gasteiger partial charge in [-0.1, -0.05) is 53.5 Å². The molecule has 0 aliphatic carbocycles. The number of halogens is 1. The quantitative estimate of drug-likeness (QED) is 0.357. The second-order valence-corrected chi connectivity index (χ2v) is 9.50. The van der Waals surface area contributed by atoms with Crippen LogP contribution < -0.4 is 0 Å². The Balaban J connectivity index is 1.71. The number of furan rings is 1. The molecule has 1 aliphatic rings. The van der Waals surface area contributed by atoms with Crippen molar-refractivity contribution in [2.45, 2.75) is 33.2 Å². The maximum absolute atomic E-state index is 13.6. The normalized spacial score (nSPS) is 16.3. The van der Waals surface area contributed by atoms with Gasteiger partial charge in [-0.15, -0.1) is 0 Å². The van der Waals surface area contributed by atoms with Gasteiger partial charge in [-0.3, -0.25) is 9.59 Å². The van der Waals surface area contributed by atoms with Gasteiger partial charge in [-0.05, 0) is 68.9 Å². The van der Waals surface area contributed by atoms with Crippen LogP contribution in [0.2, 0.25) is 0 Å². The number of amides is 1. The molecule has 2 heterocycles. The van der Waals surface area contributed by atoms with E-state index < -0.39 is 23.5 Å². The Kier molecular flexibility index (Phi) is 7.24. The molecule has 1 aromatic heterocycles. The van der Waals surface area contributed by atoms with E-state index in [1.165, 1.54) is 0 Å². The summed E-state index contributed by atoms with van der Waals surface area (Å²) in [6.45, 7) is 9.29. The molecular weight excluding hydrogens is 496 g/mol. The summed E-state index contributed by atoms with van der Waals surface area (Å²) in [5, 5.41) is 11.7. The molecule has 4 rings (SSSR count). The highest BCUT2D eigenvalue weighted by molar-refractivity contribution is 9.10. The Morgan fingerprint density at radius 3 is 2.62 bits per heavy atom. The molecule has 178 valence electrons. The zero-order valence-corrected chi connectivity index (χ0v) is 21.3. The Morgan fingerprint density at radius 1 is 1.15 bits per heavy atom. The number of aryl methyl sites for hydroxylation is 1. The topological polar surface area (TPSA) is 74.0 Å². The van der Waals surface area contributed by atoms with Crippen LogP contribution in [0.3, 0.4) is 0 Å². The summed E-state index contributed by atoms with van der Waals surface area (Å²) >= 11 is 3.49. The lowest BCUT2D eigenvalue weighted by molar-refractivity contribution is -0.129. The smallest absolute Gasteiger partial charge is 0.290 e. The van der Waals surface area contributed by atoms with Crippen molar-refractivity contribution in [2.24, 2.45) is 0 Å². The molecule has 34 heavy (non-hydrogen) atoms. The predicted octanol–water partition coefficient (Wildman–Crippen LogP) is 5.81. The van der Waals surface area contributed by atoms with Crippen LogP contribution in [0.15, 0.2) is 68.8 Å². The van der Waals surface area contributed by atoms with E-state index in [1.54, 1.807) is 11.0 Å². The van der Waals surface area contributed by atoms with Gasteiger partial charge in [-0.2, -0.15) is 0 Å². The van der Waals surface area contributed by atoms with E-state index >= 15 is 0 Å². The maximum Gasteiger partial charge on any atom is 0.290 e. The molecule has 6 nitrogen and oxygen atoms in total. The first kappa shape index (κ1) is 24.2. The Bertz CT molecular complexity index is 1260. The fraction of sp³-hybridized carbons (Fsp3) is 0.333. The van der Waals surface area contributed by atoms with E-state index in [4.69, 9.17) is 4.42 Å². The van der Waals surface area contributed by atoms with Crippen molar-refractivity contribution in [3.63, 3.8) is 0 Å². The van der Waals surface area contributed by atoms with E-state index in [0.29, 0.717) is 12.1 Å². The molecule has 0 spiro atoms. The molecule has 1 aliphatic heterocycles. The second-order valence-electron chi connectivity index (χ2n) is 8.58. The first-order chi connectivity index (χ1) is 16.3. The molecule has 1 atom stereocenters. The molecular formula is C27H29BrN2O4. The summed E-state index contributed by atoms with van der Waals surface area (Å²) in [5.41, 5.74) is 2.46. The Morgan fingerprint density at radius 2 is 1.91 bits per heavy atom. The van der Waals surface area contributed by atoms with Crippen molar-refractivity contribution in [1.82, 2.24) is 9.80 Å². The number of aliphatic hydroxyl groups is 1. The Labute approximate surface area is 208 Å². The van der Waals surface area contributed by atoms with Gasteiger partial charge < -0.3 is 19.3 Å².